The number of hydrogen-bond donors (Lipinski definition) is 1. The number of aromatic nitrogens is 1. The minimum atomic E-state index is -0.188. The Morgan fingerprint density at radius 3 is 2.50 bits per heavy atom. The number of nitrogens with zero attached hydrogens (tertiary/aromatic N) is 2. The number of methoxy groups -OCH3 is 1. The van der Waals surface area contributed by atoms with Gasteiger partial charge in [0.25, 0.3) is 0 Å². The molecular formula is C29H28BrN3O3. The maximum atomic E-state index is 13.3. The van der Waals surface area contributed by atoms with Crippen LogP contribution in [0.3, 0.4) is 0 Å². The number of nitrogens with one attached hydrogen (secondary N) is 1. The first-order chi connectivity index (χ1) is 17.6. The zero-order valence-corrected chi connectivity index (χ0v) is 21.6. The zero-order chi connectivity index (χ0) is 25.2. The molecule has 1 heterocycles. The molecule has 0 saturated heterocycles. The van der Waals surface area contributed by atoms with Gasteiger partial charge in [0.1, 0.15) is 6.61 Å². The second-order valence-electron chi connectivity index (χ2n) is 8.19. The van der Waals surface area contributed by atoms with Crippen molar-refractivity contribution in [3.05, 3.63) is 118 Å². The summed E-state index contributed by atoms with van der Waals surface area (Å²) in [5.41, 5.74) is 3.65. The number of ether oxygens (including phenoxy) is 2. The maximum absolute atomic E-state index is 13.3. The number of anilines is 1. The molecule has 0 fully saturated rings. The molecular weight excluding hydrogens is 518 g/mol. The average molecular weight is 546 g/mol. The highest BCUT2D eigenvalue weighted by atomic mass is 79.9. The number of urea groups is 1. The normalized spacial score (nSPS) is 10.5. The first-order valence-electron chi connectivity index (χ1n) is 11.7. The van der Waals surface area contributed by atoms with Crippen LogP contribution in [0, 0.1) is 0 Å². The lowest BCUT2D eigenvalue weighted by atomic mass is 10.1. The lowest BCUT2D eigenvalue weighted by Crippen LogP contribution is -2.36. The molecule has 184 valence electrons. The van der Waals surface area contributed by atoms with Gasteiger partial charge in [0.15, 0.2) is 11.5 Å². The van der Waals surface area contributed by atoms with E-state index in [0.29, 0.717) is 37.6 Å². The first kappa shape index (κ1) is 25.3. The summed E-state index contributed by atoms with van der Waals surface area (Å²) in [5, 5.41) is 3.00. The molecule has 0 unspecified atom stereocenters. The largest absolute Gasteiger partial charge is 0.493 e. The average Bonchev–Trinajstić information content (AvgIpc) is 2.91. The van der Waals surface area contributed by atoms with Crippen molar-refractivity contribution in [3.8, 4) is 11.5 Å². The van der Waals surface area contributed by atoms with E-state index in [0.717, 1.165) is 27.0 Å². The molecule has 0 aliphatic carbocycles. The van der Waals surface area contributed by atoms with E-state index in [-0.39, 0.29) is 6.03 Å². The summed E-state index contributed by atoms with van der Waals surface area (Å²) in [4.78, 5) is 19.5. The summed E-state index contributed by atoms with van der Waals surface area (Å²) in [6.07, 6.45) is 2.40. The van der Waals surface area contributed by atoms with Gasteiger partial charge in [-0.25, -0.2) is 4.79 Å². The van der Waals surface area contributed by atoms with Gasteiger partial charge < -0.3 is 19.7 Å². The third kappa shape index (κ3) is 7.33. The van der Waals surface area contributed by atoms with E-state index in [1.807, 2.05) is 91.0 Å². The van der Waals surface area contributed by atoms with Crippen LogP contribution in [0.15, 0.2) is 102 Å². The monoisotopic (exact) mass is 545 g/mol. The van der Waals surface area contributed by atoms with Gasteiger partial charge in [-0.3, -0.25) is 4.98 Å². The third-order valence-corrected chi connectivity index (χ3v) is 6.06. The lowest BCUT2D eigenvalue weighted by Gasteiger charge is -2.24. The van der Waals surface area contributed by atoms with Crippen LogP contribution in [0.4, 0.5) is 10.5 Å². The van der Waals surface area contributed by atoms with Crippen molar-refractivity contribution in [1.29, 1.82) is 0 Å². The van der Waals surface area contributed by atoms with Crippen molar-refractivity contribution in [2.75, 3.05) is 19.0 Å². The minimum absolute atomic E-state index is 0.188. The van der Waals surface area contributed by atoms with Crippen LogP contribution in [-0.2, 0) is 19.6 Å². The fraction of sp³-hybridized carbons (Fsp3) is 0.172. The summed E-state index contributed by atoms with van der Waals surface area (Å²) in [6, 6.07) is 28.9. The SMILES string of the molecule is COc1ccc(CN(CCc2ccccn2)C(=O)Nc2cccc(Br)c2)cc1OCc1ccccc1. The predicted molar refractivity (Wildman–Crippen MR) is 145 cm³/mol. The molecule has 4 aromatic rings. The Morgan fingerprint density at radius 1 is 0.917 bits per heavy atom. The molecule has 0 aliphatic rings. The Labute approximate surface area is 220 Å². The molecule has 3 aromatic carbocycles. The van der Waals surface area contributed by atoms with Crippen molar-refractivity contribution in [2.24, 2.45) is 0 Å². The number of pyridine rings is 1. The number of amides is 2. The fourth-order valence-electron chi connectivity index (χ4n) is 3.70. The van der Waals surface area contributed by atoms with Crippen molar-refractivity contribution < 1.29 is 14.3 Å². The molecule has 0 atom stereocenters. The van der Waals surface area contributed by atoms with Crippen LogP contribution < -0.4 is 14.8 Å². The van der Waals surface area contributed by atoms with Crippen LogP contribution in [-0.4, -0.2) is 29.6 Å². The molecule has 4 rings (SSSR count). The van der Waals surface area contributed by atoms with Gasteiger partial charge in [-0.2, -0.15) is 0 Å². The second-order valence-corrected chi connectivity index (χ2v) is 9.11. The van der Waals surface area contributed by atoms with E-state index in [1.165, 1.54) is 0 Å². The van der Waals surface area contributed by atoms with E-state index in [1.54, 1.807) is 18.2 Å². The fourth-order valence-corrected chi connectivity index (χ4v) is 4.10. The molecule has 0 radical (unpaired) electrons. The molecule has 7 heteroatoms. The Morgan fingerprint density at radius 2 is 1.75 bits per heavy atom. The van der Waals surface area contributed by atoms with E-state index >= 15 is 0 Å². The van der Waals surface area contributed by atoms with Gasteiger partial charge in [-0.1, -0.05) is 64.5 Å². The number of carbonyl (C=O) groups excluding carboxylic acids is 1. The summed E-state index contributed by atoms with van der Waals surface area (Å²) in [6.45, 7) is 1.33. The summed E-state index contributed by atoms with van der Waals surface area (Å²) in [5.74, 6) is 1.28. The van der Waals surface area contributed by atoms with Crippen LogP contribution in [0.25, 0.3) is 0 Å². The summed E-state index contributed by atoms with van der Waals surface area (Å²) < 4.78 is 12.5. The highest BCUT2D eigenvalue weighted by molar-refractivity contribution is 9.10. The van der Waals surface area contributed by atoms with E-state index in [2.05, 4.69) is 26.2 Å². The highest BCUT2D eigenvalue weighted by Crippen LogP contribution is 2.29. The van der Waals surface area contributed by atoms with Crippen LogP contribution >= 0.6 is 15.9 Å². The molecule has 0 aliphatic heterocycles. The molecule has 0 saturated carbocycles. The predicted octanol–water partition coefficient (Wildman–Crippen LogP) is 6.71. The number of rotatable bonds is 10. The third-order valence-electron chi connectivity index (χ3n) is 5.57. The van der Waals surface area contributed by atoms with Gasteiger partial charge in [0, 0.05) is 41.6 Å². The van der Waals surface area contributed by atoms with Crippen LogP contribution in [0.5, 0.6) is 11.5 Å². The Balaban J connectivity index is 1.51. The number of halogens is 1. The van der Waals surface area contributed by atoms with Crippen molar-refractivity contribution >= 4 is 27.6 Å². The number of benzene rings is 3. The lowest BCUT2D eigenvalue weighted by molar-refractivity contribution is 0.209. The molecule has 0 bridgehead atoms. The van der Waals surface area contributed by atoms with Gasteiger partial charge in [0.05, 0.1) is 7.11 Å². The van der Waals surface area contributed by atoms with Gasteiger partial charge in [-0.05, 0) is 53.6 Å². The second kappa shape index (κ2) is 12.7. The summed E-state index contributed by atoms with van der Waals surface area (Å²) >= 11 is 3.46. The topological polar surface area (TPSA) is 63.7 Å². The first-order valence-corrected chi connectivity index (χ1v) is 12.4. The van der Waals surface area contributed by atoms with Gasteiger partial charge in [-0.15, -0.1) is 0 Å². The molecule has 2 amide bonds. The summed E-state index contributed by atoms with van der Waals surface area (Å²) in [7, 11) is 1.62. The quantitative estimate of drug-likeness (QED) is 0.240. The standard InChI is InChI=1S/C29H28BrN3O3/c1-35-27-14-13-23(18-28(27)36-21-22-8-3-2-4-9-22)20-33(17-15-25-11-5-6-16-31-25)29(34)32-26-12-7-10-24(30)19-26/h2-14,16,18-19H,15,17,20-21H2,1H3,(H,32,34). The van der Waals surface area contributed by atoms with E-state index in [4.69, 9.17) is 9.47 Å². The molecule has 1 N–H and O–H groups in total. The molecule has 1 aromatic heterocycles. The van der Waals surface area contributed by atoms with Gasteiger partial charge in [0.2, 0.25) is 0 Å². The highest BCUT2D eigenvalue weighted by Gasteiger charge is 2.17. The minimum Gasteiger partial charge on any atom is -0.493 e. The number of carbonyl (C=O) groups is 1. The molecule has 36 heavy (non-hydrogen) atoms. The van der Waals surface area contributed by atoms with Gasteiger partial charge >= 0.3 is 6.03 Å². The van der Waals surface area contributed by atoms with E-state index in [9.17, 15) is 4.79 Å². The van der Waals surface area contributed by atoms with Crippen molar-refractivity contribution in [2.45, 2.75) is 19.6 Å². The van der Waals surface area contributed by atoms with Crippen molar-refractivity contribution in [3.63, 3.8) is 0 Å². The Kier molecular flexibility index (Phi) is 8.94. The maximum Gasteiger partial charge on any atom is 0.322 e. The molecule has 6 nitrogen and oxygen atoms in total. The Bertz CT molecular complexity index is 1270. The van der Waals surface area contributed by atoms with Crippen LogP contribution in [0.1, 0.15) is 16.8 Å². The van der Waals surface area contributed by atoms with Crippen LogP contribution in [0.2, 0.25) is 0 Å². The number of hydrogen-bond acceptors (Lipinski definition) is 4. The smallest absolute Gasteiger partial charge is 0.322 e. The Hall–Kier alpha value is -3.84. The van der Waals surface area contributed by atoms with Crippen molar-refractivity contribution in [1.82, 2.24) is 9.88 Å². The molecule has 0 spiro atoms. The zero-order valence-electron chi connectivity index (χ0n) is 20.1. The van der Waals surface area contributed by atoms with E-state index < -0.39 is 0 Å².